The van der Waals surface area contributed by atoms with E-state index in [0.29, 0.717) is 6.61 Å². The summed E-state index contributed by atoms with van der Waals surface area (Å²) in [6.45, 7) is 2.56. The van der Waals surface area contributed by atoms with Gasteiger partial charge in [0.25, 0.3) is 0 Å². The molecular weight excluding hydrogens is 262 g/mol. The molecule has 0 fully saturated rings. The minimum atomic E-state index is 0.340. The number of rotatable bonds is 16. The molecule has 3 nitrogen and oxygen atoms in total. The van der Waals surface area contributed by atoms with E-state index in [1.165, 1.54) is 70.6 Å². The van der Waals surface area contributed by atoms with E-state index < -0.39 is 0 Å². The van der Waals surface area contributed by atoms with Crippen LogP contribution in [-0.4, -0.2) is 22.6 Å². The summed E-state index contributed by atoms with van der Waals surface area (Å²) in [6.07, 6.45) is 18.0. The van der Waals surface area contributed by atoms with Gasteiger partial charge in [0, 0.05) is 6.61 Å². The van der Waals surface area contributed by atoms with Gasteiger partial charge in [-0.25, -0.2) is 0 Å². The largest absolute Gasteiger partial charge is 0.411 e. The lowest BCUT2D eigenvalue weighted by Crippen LogP contribution is -1.99. The molecule has 0 heterocycles. The molecule has 0 unspecified atom stereocenters. The number of nitrogens with zero attached hydrogens (tertiary/aromatic N) is 1. The molecule has 0 amide bonds. The molecule has 0 spiro atoms. The van der Waals surface area contributed by atoms with E-state index >= 15 is 0 Å². The fraction of sp³-hybridized carbons (Fsp3) is 0.944. The first kappa shape index (κ1) is 20.4. The van der Waals surface area contributed by atoms with Crippen LogP contribution in [0.3, 0.4) is 0 Å². The number of aliphatic hydroxyl groups is 1. The second kappa shape index (κ2) is 17.5. The molecule has 0 aromatic rings. The average molecular weight is 299 g/mol. The lowest BCUT2D eigenvalue weighted by molar-refractivity contribution is 0.282. The third-order valence-electron chi connectivity index (χ3n) is 4.08. The van der Waals surface area contributed by atoms with Crippen LogP contribution in [0.4, 0.5) is 0 Å². The molecule has 0 rings (SSSR count). The zero-order chi connectivity index (χ0) is 15.6. The average Bonchev–Trinajstić information content (AvgIpc) is 2.51. The van der Waals surface area contributed by atoms with Gasteiger partial charge in [-0.3, -0.25) is 0 Å². The third-order valence-corrected chi connectivity index (χ3v) is 4.08. The topological polar surface area (TPSA) is 52.8 Å². The van der Waals surface area contributed by atoms with Crippen molar-refractivity contribution in [3.63, 3.8) is 0 Å². The fourth-order valence-electron chi connectivity index (χ4n) is 2.66. The highest BCUT2D eigenvalue weighted by molar-refractivity contribution is 5.83. The van der Waals surface area contributed by atoms with Crippen LogP contribution in [0.2, 0.25) is 0 Å². The van der Waals surface area contributed by atoms with Crippen LogP contribution in [0.25, 0.3) is 0 Å². The molecule has 0 aliphatic rings. The Labute approximate surface area is 131 Å². The van der Waals surface area contributed by atoms with Crippen LogP contribution in [-0.2, 0) is 0 Å². The molecule has 21 heavy (non-hydrogen) atoms. The first-order chi connectivity index (χ1) is 10.3. The molecule has 126 valence electrons. The maximum Gasteiger partial charge on any atom is 0.0570 e. The van der Waals surface area contributed by atoms with Crippen LogP contribution in [0.5, 0.6) is 0 Å². The third kappa shape index (κ3) is 15.6. The van der Waals surface area contributed by atoms with E-state index in [9.17, 15) is 0 Å². The number of hydrogen-bond acceptors (Lipinski definition) is 3. The number of aliphatic hydroxyl groups excluding tert-OH is 1. The molecule has 0 bridgehead atoms. The van der Waals surface area contributed by atoms with Crippen LogP contribution in [0.15, 0.2) is 5.16 Å². The van der Waals surface area contributed by atoms with E-state index in [0.717, 1.165) is 31.4 Å². The summed E-state index contributed by atoms with van der Waals surface area (Å²) in [7, 11) is 0. The highest BCUT2D eigenvalue weighted by Gasteiger charge is 2.01. The Balaban J connectivity index is 3.28. The Morgan fingerprint density at radius 2 is 1.10 bits per heavy atom. The second-order valence-corrected chi connectivity index (χ2v) is 6.13. The standard InChI is InChI=1S/C18H37NO2/c1-2-3-4-12-15-18(19-21)16-13-10-8-6-5-7-9-11-14-17-20/h20-21H,2-17H2,1H3/b19-18-. The first-order valence-electron chi connectivity index (χ1n) is 9.15. The van der Waals surface area contributed by atoms with Crippen molar-refractivity contribution in [3.8, 4) is 0 Å². The maximum atomic E-state index is 9.00. The molecule has 0 aromatic carbocycles. The predicted molar refractivity (Wildman–Crippen MR) is 91.2 cm³/mol. The van der Waals surface area contributed by atoms with E-state index in [1.54, 1.807) is 0 Å². The zero-order valence-electron chi connectivity index (χ0n) is 14.2. The van der Waals surface area contributed by atoms with Crippen LogP contribution >= 0.6 is 0 Å². The van der Waals surface area contributed by atoms with Gasteiger partial charge in [0.1, 0.15) is 0 Å². The Kier molecular flexibility index (Phi) is 17.0. The monoisotopic (exact) mass is 299 g/mol. The highest BCUT2D eigenvalue weighted by atomic mass is 16.4. The zero-order valence-corrected chi connectivity index (χ0v) is 14.2. The summed E-state index contributed by atoms with van der Waals surface area (Å²) in [5.41, 5.74) is 0.995. The van der Waals surface area contributed by atoms with Gasteiger partial charge in [-0.05, 0) is 32.1 Å². The van der Waals surface area contributed by atoms with Gasteiger partial charge in [-0.2, -0.15) is 0 Å². The van der Waals surface area contributed by atoms with Crippen molar-refractivity contribution in [1.29, 1.82) is 0 Å². The maximum absolute atomic E-state index is 9.00. The van der Waals surface area contributed by atoms with E-state index in [4.69, 9.17) is 10.3 Å². The molecule has 0 aliphatic heterocycles. The highest BCUT2D eigenvalue weighted by Crippen LogP contribution is 2.12. The molecule has 3 heteroatoms. The predicted octanol–water partition coefficient (Wildman–Crippen LogP) is 5.68. The van der Waals surface area contributed by atoms with Gasteiger partial charge in [-0.15, -0.1) is 0 Å². The van der Waals surface area contributed by atoms with Crippen molar-refractivity contribution in [2.24, 2.45) is 5.16 Å². The molecular formula is C18H37NO2. The van der Waals surface area contributed by atoms with Crippen molar-refractivity contribution in [1.82, 2.24) is 0 Å². The minimum absolute atomic E-state index is 0.340. The van der Waals surface area contributed by atoms with Crippen molar-refractivity contribution in [2.45, 2.75) is 103 Å². The van der Waals surface area contributed by atoms with Gasteiger partial charge in [0.15, 0.2) is 0 Å². The molecule has 0 aliphatic carbocycles. The molecule has 0 aromatic heterocycles. The molecule has 0 radical (unpaired) electrons. The summed E-state index contributed by atoms with van der Waals surface area (Å²) in [5, 5.41) is 21.1. The molecule has 2 N–H and O–H groups in total. The van der Waals surface area contributed by atoms with Crippen molar-refractivity contribution in [2.75, 3.05) is 6.61 Å². The minimum Gasteiger partial charge on any atom is -0.411 e. The SMILES string of the molecule is CCCCCC/C(CCCCCCCCCCCO)=N/O. The van der Waals surface area contributed by atoms with Crippen molar-refractivity contribution in [3.05, 3.63) is 0 Å². The van der Waals surface area contributed by atoms with Crippen LogP contribution < -0.4 is 0 Å². The Hall–Kier alpha value is -0.570. The Bertz CT molecular complexity index is 229. The Morgan fingerprint density at radius 3 is 1.52 bits per heavy atom. The lowest BCUT2D eigenvalue weighted by atomic mass is 10.0. The number of hydrogen-bond donors (Lipinski definition) is 2. The molecule has 0 saturated carbocycles. The summed E-state index contributed by atoms with van der Waals surface area (Å²) in [6, 6.07) is 0. The lowest BCUT2D eigenvalue weighted by Gasteiger charge is -2.05. The molecule has 0 atom stereocenters. The fourth-order valence-corrected chi connectivity index (χ4v) is 2.66. The first-order valence-corrected chi connectivity index (χ1v) is 9.15. The summed E-state index contributed by atoms with van der Waals surface area (Å²) < 4.78 is 0. The van der Waals surface area contributed by atoms with Crippen LogP contribution in [0, 0.1) is 0 Å². The van der Waals surface area contributed by atoms with Gasteiger partial charge >= 0.3 is 0 Å². The summed E-state index contributed by atoms with van der Waals surface area (Å²) in [5.74, 6) is 0. The van der Waals surface area contributed by atoms with Gasteiger partial charge in [-0.1, -0.05) is 76.3 Å². The quantitative estimate of drug-likeness (QED) is 0.167. The molecule has 0 saturated heterocycles. The Morgan fingerprint density at radius 1 is 0.667 bits per heavy atom. The number of oxime groups is 1. The van der Waals surface area contributed by atoms with Crippen molar-refractivity contribution >= 4 is 5.71 Å². The van der Waals surface area contributed by atoms with Crippen LogP contribution in [0.1, 0.15) is 103 Å². The summed E-state index contributed by atoms with van der Waals surface area (Å²) >= 11 is 0. The summed E-state index contributed by atoms with van der Waals surface area (Å²) in [4.78, 5) is 0. The number of unbranched alkanes of at least 4 members (excludes halogenated alkanes) is 11. The second-order valence-electron chi connectivity index (χ2n) is 6.13. The van der Waals surface area contributed by atoms with E-state index in [2.05, 4.69) is 12.1 Å². The smallest absolute Gasteiger partial charge is 0.0570 e. The van der Waals surface area contributed by atoms with E-state index in [-0.39, 0.29) is 0 Å². The van der Waals surface area contributed by atoms with Crippen molar-refractivity contribution < 1.29 is 10.3 Å². The van der Waals surface area contributed by atoms with E-state index in [1.807, 2.05) is 0 Å². The van der Waals surface area contributed by atoms with Gasteiger partial charge in [0.05, 0.1) is 5.71 Å². The normalized spacial score (nSPS) is 12.0. The van der Waals surface area contributed by atoms with Gasteiger partial charge < -0.3 is 10.3 Å². The van der Waals surface area contributed by atoms with Gasteiger partial charge in [0.2, 0.25) is 0 Å².